The van der Waals surface area contributed by atoms with Gasteiger partial charge in [-0.05, 0) is 17.7 Å². The summed E-state index contributed by atoms with van der Waals surface area (Å²) in [7, 11) is -3.65. The largest absolute Gasteiger partial charge is 0.416 e. The van der Waals surface area contributed by atoms with Crippen LogP contribution in [-0.2, 0) is 22.0 Å². The molecule has 1 heterocycles. The second kappa shape index (κ2) is 8.64. The van der Waals surface area contributed by atoms with Gasteiger partial charge in [0, 0.05) is 31.7 Å². The molecule has 2 aromatic carbocycles. The van der Waals surface area contributed by atoms with Crippen LogP contribution in [0.4, 0.5) is 13.2 Å². The van der Waals surface area contributed by atoms with Crippen LogP contribution < -0.4 is 0 Å². The fourth-order valence-corrected chi connectivity index (χ4v) is 4.69. The number of halogens is 3. The highest BCUT2D eigenvalue weighted by Crippen LogP contribution is 2.29. The molecule has 0 aliphatic carbocycles. The summed E-state index contributed by atoms with van der Waals surface area (Å²) in [5, 5.41) is 0. The number of hydrogen-bond donors (Lipinski definition) is 0. The molecule has 0 atom stereocenters. The van der Waals surface area contributed by atoms with E-state index in [0.717, 1.165) is 12.1 Å². The molecule has 9 heteroatoms. The average Bonchev–Trinajstić information content (AvgIpc) is 2.68. The lowest BCUT2D eigenvalue weighted by atomic mass is 10.1. The normalized spacial score (nSPS) is 16.7. The van der Waals surface area contributed by atoms with Crippen molar-refractivity contribution < 1.29 is 26.4 Å². The number of sulfonamides is 1. The van der Waals surface area contributed by atoms with Gasteiger partial charge in [0.15, 0.2) is 5.78 Å². The third kappa shape index (κ3) is 5.65. The molecule has 0 amide bonds. The maximum Gasteiger partial charge on any atom is 0.416 e. The number of piperazine rings is 1. The molecule has 1 saturated heterocycles. The predicted molar refractivity (Wildman–Crippen MR) is 103 cm³/mol. The van der Waals surface area contributed by atoms with Crippen molar-refractivity contribution in [1.29, 1.82) is 0 Å². The summed E-state index contributed by atoms with van der Waals surface area (Å²) in [6.45, 7) is 1.54. The van der Waals surface area contributed by atoms with E-state index >= 15 is 0 Å². The van der Waals surface area contributed by atoms with Crippen LogP contribution in [0.2, 0.25) is 0 Å². The van der Waals surface area contributed by atoms with Crippen molar-refractivity contribution in [3.05, 3.63) is 71.3 Å². The number of alkyl halides is 3. The lowest BCUT2D eigenvalue weighted by molar-refractivity contribution is -0.137. The molecule has 1 aliphatic rings. The second-order valence-electron chi connectivity index (χ2n) is 6.92. The highest BCUT2D eigenvalue weighted by Gasteiger charge is 2.31. The van der Waals surface area contributed by atoms with Gasteiger partial charge < -0.3 is 0 Å². The Kier molecular flexibility index (Phi) is 6.40. The van der Waals surface area contributed by atoms with E-state index in [1.807, 2.05) is 11.0 Å². The SMILES string of the molecule is O=C(CN1CCN(S(=O)(=O)Cc2ccc(C(F)(F)F)cc2)CC1)c1ccccc1. The maximum atomic E-state index is 12.6. The zero-order valence-corrected chi connectivity index (χ0v) is 16.4. The molecular formula is C20H21F3N2O3S. The number of hydrogen-bond acceptors (Lipinski definition) is 4. The minimum absolute atomic E-state index is 0.0216. The number of Topliss-reactive ketones (excluding diaryl/α,β-unsaturated/α-hetero) is 1. The van der Waals surface area contributed by atoms with Crippen LogP contribution in [-0.4, -0.2) is 56.1 Å². The van der Waals surface area contributed by atoms with Crippen molar-refractivity contribution >= 4 is 15.8 Å². The molecule has 0 bridgehead atoms. The Hall–Kier alpha value is -2.23. The zero-order valence-electron chi connectivity index (χ0n) is 15.6. The van der Waals surface area contributed by atoms with E-state index in [9.17, 15) is 26.4 Å². The van der Waals surface area contributed by atoms with Crippen molar-refractivity contribution in [3.8, 4) is 0 Å². The lowest BCUT2D eigenvalue weighted by Crippen LogP contribution is -2.50. The van der Waals surface area contributed by atoms with Crippen molar-refractivity contribution in [1.82, 2.24) is 9.21 Å². The van der Waals surface area contributed by atoms with Crippen LogP contribution in [0.5, 0.6) is 0 Å². The van der Waals surface area contributed by atoms with E-state index in [2.05, 4.69) is 0 Å². The molecule has 0 aromatic heterocycles. The van der Waals surface area contributed by atoms with E-state index in [1.54, 1.807) is 24.3 Å². The third-order valence-corrected chi connectivity index (χ3v) is 6.67. The van der Waals surface area contributed by atoms with Crippen LogP contribution in [0.15, 0.2) is 54.6 Å². The lowest BCUT2D eigenvalue weighted by Gasteiger charge is -2.33. The van der Waals surface area contributed by atoms with Gasteiger partial charge in [-0.2, -0.15) is 17.5 Å². The molecule has 0 saturated carbocycles. The van der Waals surface area contributed by atoms with Gasteiger partial charge in [-0.3, -0.25) is 9.69 Å². The fourth-order valence-electron chi connectivity index (χ4n) is 3.18. The summed E-state index contributed by atoms with van der Waals surface area (Å²) in [5.41, 5.74) is 0.111. The van der Waals surface area contributed by atoms with E-state index in [4.69, 9.17) is 0 Å². The fraction of sp³-hybridized carbons (Fsp3) is 0.350. The molecule has 3 rings (SSSR count). The number of nitrogens with zero attached hydrogens (tertiary/aromatic N) is 2. The van der Waals surface area contributed by atoms with Crippen molar-refractivity contribution in [2.75, 3.05) is 32.7 Å². The highest BCUT2D eigenvalue weighted by molar-refractivity contribution is 7.88. The van der Waals surface area contributed by atoms with Gasteiger partial charge in [0.2, 0.25) is 10.0 Å². The van der Waals surface area contributed by atoms with Gasteiger partial charge >= 0.3 is 6.18 Å². The Bertz CT molecular complexity index is 937. The summed E-state index contributed by atoms with van der Waals surface area (Å²) < 4.78 is 64.4. The van der Waals surface area contributed by atoms with Crippen molar-refractivity contribution in [3.63, 3.8) is 0 Å². The van der Waals surface area contributed by atoms with Crippen LogP contribution >= 0.6 is 0 Å². The van der Waals surface area contributed by atoms with Crippen LogP contribution in [0, 0.1) is 0 Å². The van der Waals surface area contributed by atoms with Crippen molar-refractivity contribution in [2.45, 2.75) is 11.9 Å². The molecular weight excluding hydrogens is 405 g/mol. The number of rotatable bonds is 6. The molecule has 0 unspecified atom stereocenters. The van der Waals surface area contributed by atoms with Crippen LogP contribution in [0.3, 0.4) is 0 Å². The zero-order chi connectivity index (χ0) is 21.1. The Morgan fingerprint density at radius 3 is 2.03 bits per heavy atom. The molecule has 2 aromatic rings. The summed E-state index contributed by atoms with van der Waals surface area (Å²) in [4.78, 5) is 14.2. The van der Waals surface area contributed by atoms with Gasteiger partial charge in [-0.1, -0.05) is 42.5 Å². The quantitative estimate of drug-likeness (QED) is 0.667. The highest BCUT2D eigenvalue weighted by atomic mass is 32.2. The smallest absolute Gasteiger partial charge is 0.293 e. The third-order valence-electron chi connectivity index (χ3n) is 4.82. The molecule has 5 nitrogen and oxygen atoms in total. The predicted octanol–water partition coefficient (Wildman–Crippen LogP) is 3.04. The summed E-state index contributed by atoms with van der Waals surface area (Å²) in [6, 6.07) is 13.1. The maximum absolute atomic E-state index is 12.6. The molecule has 156 valence electrons. The summed E-state index contributed by atoms with van der Waals surface area (Å²) >= 11 is 0. The Morgan fingerprint density at radius 1 is 0.897 bits per heavy atom. The molecule has 0 N–H and O–H groups in total. The van der Waals surface area contributed by atoms with Gasteiger partial charge in [0.1, 0.15) is 0 Å². The van der Waals surface area contributed by atoms with E-state index < -0.39 is 21.8 Å². The van der Waals surface area contributed by atoms with Crippen LogP contribution in [0.1, 0.15) is 21.5 Å². The summed E-state index contributed by atoms with van der Waals surface area (Å²) in [5.74, 6) is -0.375. The van der Waals surface area contributed by atoms with Gasteiger partial charge in [0.25, 0.3) is 0 Å². The molecule has 1 aliphatic heterocycles. The number of carbonyl (C=O) groups is 1. The number of carbonyl (C=O) groups excluding carboxylic acids is 1. The summed E-state index contributed by atoms with van der Waals surface area (Å²) in [6.07, 6.45) is -4.45. The molecule has 0 radical (unpaired) electrons. The topological polar surface area (TPSA) is 57.7 Å². The number of ketones is 1. The van der Waals surface area contributed by atoms with Gasteiger partial charge in [-0.25, -0.2) is 8.42 Å². The Balaban J connectivity index is 1.55. The Morgan fingerprint density at radius 2 is 1.48 bits per heavy atom. The van der Waals surface area contributed by atoms with Gasteiger partial charge in [-0.15, -0.1) is 0 Å². The van der Waals surface area contributed by atoms with E-state index in [-0.39, 0.29) is 31.2 Å². The number of benzene rings is 2. The van der Waals surface area contributed by atoms with E-state index in [0.29, 0.717) is 24.2 Å². The Labute approximate surface area is 167 Å². The average molecular weight is 426 g/mol. The minimum Gasteiger partial charge on any atom is -0.293 e. The van der Waals surface area contributed by atoms with Gasteiger partial charge in [0.05, 0.1) is 17.9 Å². The monoisotopic (exact) mass is 426 g/mol. The first kappa shape index (κ1) is 21.5. The second-order valence-corrected chi connectivity index (χ2v) is 8.88. The molecule has 29 heavy (non-hydrogen) atoms. The molecule has 1 fully saturated rings. The molecule has 0 spiro atoms. The first-order chi connectivity index (χ1) is 13.6. The standard InChI is InChI=1S/C20H21F3N2O3S/c21-20(22,23)18-8-6-16(7-9-18)15-29(27,28)25-12-10-24(11-13-25)14-19(26)17-4-2-1-3-5-17/h1-9H,10-15H2. The van der Waals surface area contributed by atoms with E-state index in [1.165, 1.54) is 16.4 Å². The minimum atomic E-state index is -4.45. The first-order valence-corrected chi connectivity index (χ1v) is 10.7. The first-order valence-electron chi connectivity index (χ1n) is 9.10. The van der Waals surface area contributed by atoms with Crippen LogP contribution in [0.25, 0.3) is 0 Å². The van der Waals surface area contributed by atoms with Crippen molar-refractivity contribution in [2.24, 2.45) is 0 Å².